The molecule has 0 aromatic carbocycles. The second-order valence-corrected chi connectivity index (χ2v) is 2.33. The highest BCUT2D eigenvalue weighted by Gasteiger charge is 2.02. The third kappa shape index (κ3) is 13.0. The van der Waals surface area contributed by atoms with Crippen molar-refractivity contribution in [3.63, 3.8) is 0 Å². The van der Waals surface area contributed by atoms with Gasteiger partial charge in [-0.25, -0.2) is 0 Å². The molecule has 2 N–H and O–H groups in total. The second-order valence-electron chi connectivity index (χ2n) is 2.33. The minimum Gasteiger partial charge on any atom is -0.480 e. The summed E-state index contributed by atoms with van der Waals surface area (Å²) in [7, 11) is 0. The van der Waals surface area contributed by atoms with Gasteiger partial charge in [0.15, 0.2) is 0 Å². The van der Waals surface area contributed by atoms with Crippen molar-refractivity contribution in [3.05, 3.63) is 0 Å². The summed E-state index contributed by atoms with van der Waals surface area (Å²) in [5.41, 5.74) is 0. The minimum absolute atomic E-state index is 1.32. The highest BCUT2D eigenvalue weighted by Crippen LogP contribution is 2.10. The van der Waals surface area contributed by atoms with Gasteiger partial charge in [0.25, 0.3) is 0 Å². The molecule has 0 aliphatic heterocycles. The van der Waals surface area contributed by atoms with Crippen molar-refractivity contribution in [2.75, 3.05) is 6.54 Å². The van der Waals surface area contributed by atoms with Gasteiger partial charge in [-0.1, -0.05) is 57.8 Å². The number of carboxylic acids is 1. The summed E-state index contributed by atoms with van der Waals surface area (Å²) in [6.07, 6.45) is -46.2. The van der Waals surface area contributed by atoms with Crippen LogP contribution in [-0.4, -0.2) is 23.5 Å². The van der Waals surface area contributed by atoms with E-state index >= 15 is 0 Å². The standard InChI is InChI=1S/C14H27NO3/c1-2-3-4-5-6-7-8-9-10-11-13(16)15-12-14(17)18/h2-12H2,1H3,(H,15,16)(H,17,18)/i1D3,2D2,3D2,4D2,5D2,6D2,7D2,8D2,9D2,10D2,11D2. The van der Waals surface area contributed by atoms with E-state index in [2.05, 4.69) is 0 Å². The quantitative estimate of drug-likeness (QED) is 0.577. The van der Waals surface area contributed by atoms with Gasteiger partial charge in [-0.15, -0.1) is 0 Å². The Balaban J connectivity index is 7.17. The topological polar surface area (TPSA) is 66.4 Å². The van der Waals surface area contributed by atoms with Gasteiger partial charge in [-0.3, -0.25) is 9.59 Å². The normalized spacial score (nSPS) is 37.9. The van der Waals surface area contributed by atoms with Gasteiger partial charge in [0.1, 0.15) is 6.54 Å². The third-order valence-corrected chi connectivity index (χ3v) is 1.08. The van der Waals surface area contributed by atoms with Crippen LogP contribution < -0.4 is 5.32 Å². The second kappa shape index (κ2) is 12.4. The molecule has 0 heterocycles. The summed E-state index contributed by atoms with van der Waals surface area (Å²) in [5, 5.41) is 9.97. The molecule has 0 aliphatic carbocycles. The van der Waals surface area contributed by atoms with Crippen LogP contribution >= 0.6 is 0 Å². The number of carbonyl (C=O) groups is 2. The van der Waals surface area contributed by atoms with E-state index in [1.165, 1.54) is 5.32 Å². The van der Waals surface area contributed by atoms with Crippen molar-refractivity contribution in [2.45, 2.75) is 70.6 Å². The fraction of sp³-hybridized carbons (Fsp3) is 0.857. The summed E-state index contributed by atoms with van der Waals surface area (Å²) in [6.45, 7) is -5.34. The molecule has 0 saturated carbocycles. The number of nitrogens with one attached hydrogen (secondary N) is 1. The fourth-order valence-electron chi connectivity index (χ4n) is 0.507. The lowest BCUT2D eigenvalue weighted by molar-refractivity contribution is -0.137. The first-order valence-corrected chi connectivity index (χ1v) is 4.34. The summed E-state index contributed by atoms with van der Waals surface area (Å²) >= 11 is 0. The first kappa shape index (κ1) is 2.84. The van der Waals surface area contributed by atoms with Gasteiger partial charge in [-0.05, 0) is 6.37 Å². The monoisotopic (exact) mass is 280 g/mol. The van der Waals surface area contributed by atoms with Crippen LogP contribution in [0.25, 0.3) is 0 Å². The van der Waals surface area contributed by atoms with Gasteiger partial charge >= 0.3 is 5.97 Å². The highest BCUT2D eigenvalue weighted by molar-refractivity contribution is 5.80. The Hall–Kier alpha value is -1.06. The zero-order valence-electron chi connectivity index (χ0n) is 32.0. The molecule has 0 spiro atoms. The summed E-state index contributed by atoms with van der Waals surface area (Å²) in [5.74, 6) is -3.93. The van der Waals surface area contributed by atoms with Gasteiger partial charge in [0.2, 0.25) is 5.91 Å². The molecule has 4 nitrogen and oxygen atoms in total. The Labute approximate surface area is 142 Å². The van der Waals surface area contributed by atoms with Crippen LogP contribution in [0.1, 0.15) is 102 Å². The molecule has 0 saturated heterocycles. The lowest BCUT2D eigenvalue weighted by Crippen LogP contribution is -2.28. The van der Waals surface area contributed by atoms with E-state index in [9.17, 15) is 9.59 Å². The van der Waals surface area contributed by atoms with Crippen LogP contribution in [0.15, 0.2) is 0 Å². The highest BCUT2D eigenvalue weighted by atomic mass is 16.4. The molecule has 18 heavy (non-hydrogen) atoms. The maximum atomic E-state index is 12.1. The molecule has 0 aromatic rings. The molecule has 106 valence electrons. The van der Waals surface area contributed by atoms with Crippen LogP contribution in [0.3, 0.4) is 0 Å². The molecular weight excluding hydrogens is 230 g/mol. The van der Waals surface area contributed by atoms with Crippen molar-refractivity contribution in [1.82, 2.24) is 5.32 Å². The average Bonchev–Trinajstić information content (AvgIpc) is 2.75. The predicted molar refractivity (Wildman–Crippen MR) is 72.5 cm³/mol. The molecule has 0 unspecified atom stereocenters. The molecule has 0 atom stereocenters. The van der Waals surface area contributed by atoms with Crippen molar-refractivity contribution in [2.24, 2.45) is 0 Å². The number of aliphatic carboxylic acids is 1. The maximum Gasteiger partial charge on any atom is 0.322 e. The van der Waals surface area contributed by atoms with E-state index in [-0.39, 0.29) is 0 Å². The third-order valence-electron chi connectivity index (χ3n) is 1.08. The maximum absolute atomic E-state index is 12.1. The van der Waals surface area contributed by atoms with Crippen molar-refractivity contribution in [3.8, 4) is 0 Å². The van der Waals surface area contributed by atoms with Crippen LogP contribution in [0, 0.1) is 0 Å². The van der Waals surface area contributed by atoms with Gasteiger partial charge in [0, 0.05) is 37.9 Å². The number of hydrogen-bond donors (Lipinski definition) is 2. The molecule has 1 amide bonds. The molecule has 0 radical (unpaired) electrons. The summed E-state index contributed by atoms with van der Waals surface area (Å²) in [4.78, 5) is 22.8. The van der Waals surface area contributed by atoms with E-state index in [1.54, 1.807) is 0 Å². The van der Waals surface area contributed by atoms with Crippen LogP contribution in [0.4, 0.5) is 0 Å². The summed E-state index contributed by atoms with van der Waals surface area (Å²) < 4.78 is 179. The van der Waals surface area contributed by atoms with E-state index < -0.39 is 89.0 Å². The van der Waals surface area contributed by atoms with Gasteiger partial charge in [-0.2, -0.15) is 0 Å². The largest absolute Gasteiger partial charge is 0.480 e. The number of hydrogen-bond acceptors (Lipinski definition) is 2. The van der Waals surface area contributed by atoms with Crippen LogP contribution in [0.2, 0.25) is 0 Å². The number of carbonyl (C=O) groups excluding carboxylic acids is 1. The van der Waals surface area contributed by atoms with Crippen molar-refractivity contribution >= 4 is 11.9 Å². The molecule has 0 fully saturated rings. The lowest BCUT2D eigenvalue weighted by Gasteiger charge is -2.03. The molecular formula is C14H27NO3. The fourth-order valence-corrected chi connectivity index (χ4v) is 0.507. The molecule has 0 aliphatic rings. The number of rotatable bonds is 12. The molecule has 4 heteroatoms. The smallest absolute Gasteiger partial charge is 0.322 e. The van der Waals surface area contributed by atoms with E-state index in [0.717, 1.165) is 0 Å². The molecule has 0 aromatic heterocycles. The SMILES string of the molecule is [2H]C([2H])([2H])C([2H])([2H])C([2H])([2H])C([2H])([2H])C([2H])([2H])C([2H])([2H])C([2H])([2H])C([2H])([2H])C([2H])([2H])C([2H])([2H])C([2H])([2H])C(=O)NCC(=O)O. The zero-order valence-corrected chi connectivity index (χ0v) is 8.97. The van der Waals surface area contributed by atoms with Crippen molar-refractivity contribution < 1.29 is 46.2 Å². The van der Waals surface area contributed by atoms with Crippen LogP contribution in [0.5, 0.6) is 0 Å². The predicted octanol–water partition coefficient (Wildman–Crippen LogP) is 3.11. The number of amides is 1. The Kier molecular flexibility index (Phi) is 1.96. The Morgan fingerprint density at radius 1 is 1.06 bits per heavy atom. The van der Waals surface area contributed by atoms with E-state index in [1.807, 2.05) is 0 Å². The molecule has 0 rings (SSSR count). The first-order valence-electron chi connectivity index (χ1n) is 15.8. The van der Waals surface area contributed by atoms with Crippen LogP contribution in [-0.2, 0) is 9.59 Å². The van der Waals surface area contributed by atoms with E-state index in [4.69, 9.17) is 36.6 Å². The first-order chi connectivity index (χ1) is 17.3. The summed E-state index contributed by atoms with van der Waals surface area (Å²) in [6, 6.07) is 0. The lowest BCUT2D eigenvalue weighted by atomic mass is 10.1. The van der Waals surface area contributed by atoms with Crippen molar-refractivity contribution in [1.29, 1.82) is 0 Å². The van der Waals surface area contributed by atoms with Gasteiger partial charge in [0.05, 0.1) is 0 Å². The minimum atomic E-state index is -4.84. The Morgan fingerprint density at radius 2 is 1.61 bits per heavy atom. The zero-order chi connectivity index (χ0) is 34.1. The average molecular weight is 281 g/mol. The van der Waals surface area contributed by atoms with E-state index in [0.29, 0.717) is 0 Å². The Morgan fingerprint density at radius 3 is 2.17 bits per heavy atom. The number of carboxylic acid groups (broad SMARTS) is 1. The molecule has 0 bridgehead atoms. The Bertz CT molecular complexity index is 1010. The van der Waals surface area contributed by atoms with Gasteiger partial charge < -0.3 is 10.4 Å².